The normalized spacial score (nSPS) is 18.9. The van der Waals surface area contributed by atoms with Crippen molar-refractivity contribution in [3.05, 3.63) is 29.8 Å². The molecule has 2 saturated heterocycles. The van der Waals surface area contributed by atoms with Crippen molar-refractivity contribution in [2.24, 2.45) is 5.41 Å². The number of amides is 3. The smallest absolute Gasteiger partial charge is 0.289 e. The van der Waals surface area contributed by atoms with E-state index in [2.05, 4.69) is 10.6 Å². The Morgan fingerprint density at radius 2 is 1.93 bits per heavy atom. The molecule has 1 aromatic rings. The number of carbonyl (C=O) groups excluding carboxylic acids is 3. The summed E-state index contributed by atoms with van der Waals surface area (Å²) in [4.78, 5) is 37.4. The van der Waals surface area contributed by atoms with Gasteiger partial charge in [-0.25, -0.2) is 0 Å². The summed E-state index contributed by atoms with van der Waals surface area (Å²) < 4.78 is 5.30. The van der Waals surface area contributed by atoms with Gasteiger partial charge in [0.15, 0.2) is 0 Å². The van der Waals surface area contributed by atoms with Crippen LogP contribution in [0.25, 0.3) is 0 Å². The van der Waals surface area contributed by atoms with Gasteiger partial charge in [0.1, 0.15) is 0 Å². The van der Waals surface area contributed by atoms with E-state index in [1.165, 1.54) is 4.90 Å². The van der Waals surface area contributed by atoms with Crippen LogP contribution in [-0.2, 0) is 20.9 Å². The number of piperidine rings is 1. The van der Waals surface area contributed by atoms with E-state index in [9.17, 15) is 14.4 Å². The summed E-state index contributed by atoms with van der Waals surface area (Å²) in [7, 11) is 1.62. The van der Waals surface area contributed by atoms with Crippen molar-refractivity contribution >= 4 is 46.9 Å². The lowest BCUT2D eigenvalue weighted by atomic mass is 9.78. The van der Waals surface area contributed by atoms with Crippen LogP contribution in [0.15, 0.2) is 24.3 Å². The van der Waals surface area contributed by atoms with Crippen molar-refractivity contribution < 1.29 is 19.1 Å². The van der Waals surface area contributed by atoms with Crippen molar-refractivity contribution in [3.8, 4) is 0 Å². The Hall–Kier alpha value is -1.61. The lowest BCUT2D eigenvalue weighted by molar-refractivity contribution is -0.130. The monoisotopic (exact) mass is 413 g/mol. The van der Waals surface area contributed by atoms with Crippen LogP contribution in [-0.4, -0.2) is 54.5 Å². The number of thioether (sulfide) groups is 1. The molecule has 0 radical (unpaired) electrons. The van der Waals surface area contributed by atoms with E-state index in [4.69, 9.17) is 4.74 Å². The third-order valence-corrected chi connectivity index (χ3v) is 5.71. The van der Waals surface area contributed by atoms with E-state index in [0.717, 1.165) is 43.3 Å². The summed E-state index contributed by atoms with van der Waals surface area (Å²) in [6.07, 6.45) is 1.48. The van der Waals surface area contributed by atoms with Gasteiger partial charge >= 0.3 is 0 Å². The van der Waals surface area contributed by atoms with Crippen LogP contribution in [0.2, 0.25) is 0 Å². The zero-order valence-corrected chi connectivity index (χ0v) is 16.8. The van der Waals surface area contributed by atoms with Gasteiger partial charge in [-0.15, -0.1) is 12.4 Å². The van der Waals surface area contributed by atoms with Gasteiger partial charge in [0.05, 0.1) is 24.3 Å². The molecule has 2 fully saturated rings. The highest BCUT2D eigenvalue weighted by Crippen LogP contribution is 2.31. The largest absolute Gasteiger partial charge is 0.384 e. The number of carbonyl (C=O) groups is 3. The number of rotatable bonds is 6. The van der Waals surface area contributed by atoms with Crippen molar-refractivity contribution in [2.75, 3.05) is 37.9 Å². The molecule has 0 unspecified atom stereocenters. The molecule has 2 aliphatic heterocycles. The van der Waals surface area contributed by atoms with Crippen molar-refractivity contribution in [1.82, 2.24) is 10.2 Å². The van der Waals surface area contributed by atoms with Crippen LogP contribution in [0.5, 0.6) is 0 Å². The number of halogens is 1. The number of ether oxygens (including phenoxy) is 1. The van der Waals surface area contributed by atoms with Gasteiger partial charge < -0.3 is 15.4 Å². The van der Waals surface area contributed by atoms with Crippen LogP contribution in [0.1, 0.15) is 18.4 Å². The van der Waals surface area contributed by atoms with E-state index in [0.29, 0.717) is 12.3 Å². The number of benzene rings is 1. The maximum Gasteiger partial charge on any atom is 0.289 e. The van der Waals surface area contributed by atoms with Crippen LogP contribution >= 0.6 is 24.2 Å². The number of hydrogen-bond acceptors (Lipinski definition) is 6. The van der Waals surface area contributed by atoms with Gasteiger partial charge in [-0.3, -0.25) is 19.3 Å². The van der Waals surface area contributed by atoms with Gasteiger partial charge in [0.2, 0.25) is 11.8 Å². The van der Waals surface area contributed by atoms with Crippen LogP contribution < -0.4 is 10.6 Å². The first-order valence-electron chi connectivity index (χ1n) is 8.61. The molecule has 148 valence electrons. The third kappa shape index (κ3) is 5.01. The van der Waals surface area contributed by atoms with Crippen LogP contribution in [0.3, 0.4) is 0 Å². The Kier molecular flexibility index (Phi) is 7.67. The fourth-order valence-electron chi connectivity index (χ4n) is 3.29. The topological polar surface area (TPSA) is 87.7 Å². The van der Waals surface area contributed by atoms with E-state index < -0.39 is 5.41 Å². The van der Waals surface area contributed by atoms with Gasteiger partial charge in [-0.05, 0) is 43.6 Å². The maximum absolute atomic E-state index is 12.8. The number of hydrogen-bond donors (Lipinski definition) is 2. The van der Waals surface area contributed by atoms with Gasteiger partial charge in [0.25, 0.3) is 5.24 Å². The first kappa shape index (κ1) is 21.7. The Morgan fingerprint density at radius 1 is 1.26 bits per heavy atom. The predicted octanol–water partition coefficient (Wildman–Crippen LogP) is 2.26. The van der Waals surface area contributed by atoms with Gasteiger partial charge in [-0.2, -0.15) is 0 Å². The molecule has 0 aliphatic carbocycles. The average Bonchev–Trinajstić information content (AvgIpc) is 2.96. The molecule has 0 bridgehead atoms. The highest BCUT2D eigenvalue weighted by atomic mass is 35.5. The zero-order chi connectivity index (χ0) is 18.6. The molecule has 0 aromatic heterocycles. The Morgan fingerprint density at radius 3 is 2.48 bits per heavy atom. The summed E-state index contributed by atoms with van der Waals surface area (Å²) in [5, 5.41) is 6.04. The summed E-state index contributed by atoms with van der Waals surface area (Å²) in [6.45, 7) is 2.25. The molecule has 1 aromatic carbocycles. The van der Waals surface area contributed by atoms with E-state index in [-0.39, 0.29) is 41.8 Å². The molecule has 7 nitrogen and oxygen atoms in total. The average molecular weight is 414 g/mol. The third-order valence-electron chi connectivity index (χ3n) is 4.86. The highest BCUT2D eigenvalue weighted by molar-refractivity contribution is 8.14. The summed E-state index contributed by atoms with van der Waals surface area (Å²) in [5.74, 6) is 0.0170. The molecule has 3 amide bonds. The second-order valence-electron chi connectivity index (χ2n) is 6.65. The quantitative estimate of drug-likeness (QED) is 0.743. The number of anilines is 1. The minimum Gasteiger partial charge on any atom is -0.384 e. The molecule has 9 heteroatoms. The SMILES string of the molecule is COCC1(C(=O)Nc2ccc(CN3C(=O)CSC3=O)cc2)CCNCC1.Cl. The molecule has 2 heterocycles. The highest BCUT2D eigenvalue weighted by Gasteiger charge is 2.39. The van der Waals surface area contributed by atoms with E-state index in [1.807, 2.05) is 12.1 Å². The van der Waals surface area contributed by atoms with Crippen molar-refractivity contribution in [3.63, 3.8) is 0 Å². The number of nitrogens with zero attached hydrogens (tertiary/aromatic N) is 1. The standard InChI is InChI=1S/C18H23N3O4S.ClH/c1-25-12-18(6-8-19-9-7-18)16(23)20-14-4-2-13(3-5-14)10-21-15(22)11-26-17(21)24;/h2-5,19H,6-12H2,1H3,(H,20,23);1H. The molecule has 0 spiro atoms. The van der Waals surface area contributed by atoms with Crippen molar-refractivity contribution in [2.45, 2.75) is 19.4 Å². The van der Waals surface area contributed by atoms with Crippen LogP contribution in [0, 0.1) is 5.41 Å². The Bertz CT molecular complexity index is 671. The maximum atomic E-state index is 12.8. The first-order valence-corrected chi connectivity index (χ1v) is 9.60. The van der Waals surface area contributed by atoms with Gasteiger partial charge in [0, 0.05) is 12.8 Å². The Labute approximate surface area is 169 Å². The summed E-state index contributed by atoms with van der Waals surface area (Å²) >= 11 is 1.03. The molecule has 2 N–H and O–H groups in total. The molecule has 27 heavy (non-hydrogen) atoms. The fourth-order valence-corrected chi connectivity index (χ4v) is 4.02. The number of nitrogens with one attached hydrogen (secondary N) is 2. The zero-order valence-electron chi connectivity index (χ0n) is 15.2. The second kappa shape index (κ2) is 9.54. The minimum absolute atomic E-state index is 0. The fraction of sp³-hybridized carbons (Fsp3) is 0.500. The lowest BCUT2D eigenvalue weighted by Crippen LogP contribution is -2.47. The molecule has 2 aliphatic rings. The van der Waals surface area contributed by atoms with E-state index >= 15 is 0 Å². The minimum atomic E-state index is -0.510. The van der Waals surface area contributed by atoms with Gasteiger partial charge in [-0.1, -0.05) is 23.9 Å². The van der Waals surface area contributed by atoms with Crippen LogP contribution in [0.4, 0.5) is 10.5 Å². The molecule has 0 saturated carbocycles. The van der Waals surface area contributed by atoms with Crippen molar-refractivity contribution in [1.29, 1.82) is 0 Å². The molecule has 0 atom stereocenters. The second-order valence-corrected chi connectivity index (χ2v) is 7.58. The molecule has 3 rings (SSSR count). The first-order chi connectivity index (χ1) is 12.5. The Balaban J connectivity index is 0.00000261. The summed E-state index contributed by atoms with van der Waals surface area (Å²) in [5.41, 5.74) is 1.03. The molecular weight excluding hydrogens is 390 g/mol. The number of imide groups is 1. The summed E-state index contributed by atoms with van der Waals surface area (Å²) in [6, 6.07) is 7.25. The van der Waals surface area contributed by atoms with E-state index in [1.54, 1.807) is 19.2 Å². The predicted molar refractivity (Wildman–Crippen MR) is 107 cm³/mol. The number of methoxy groups -OCH3 is 1. The lowest BCUT2D eigenvalue weighted by Gasteiger charge is -2.35. The molecular formula is C18H24ClN3O4S.